The minimum atomic E-state index is 1.26. The molecule has 0 aromatic heterocycles. The maximum atomic E-state index is 2.35. The average Bonchev–Trinajstić information content (AvgIpc) is 2.99. The van der Waals surface area contributed by atoms with E-state index in [0.29, 0.717) is 0 Å². The van der Waals surface area contributed by atoms with Gasteiger partial charge in [-0.1, -0.05) is 133 Å². The summed E-state index contributed by atoms with van der Waals surface area (Å²) in [5, 5.41) is 12.9. The van der Waals surface area contributed by atoms with E-state index in [-0.39, 0.29) is 0 Å². The molecule has 0 nitrogen and oxygen atoms in total. The first-order chi connectivity index (χ1) is 19.3. The van der Waals surface area contributed by atoms with Crippen molar-refractivity contribution in [2.45, 2.75) is 6.92 Å². The van der Waals surface area contributed by atoms with Crippen LogP contribution in [0.25, 0.3) is 76.1 Å². The Balaban J connectivity index is 1.62. The molecule has 0 bridgehead atoms. The highest BCUT2D eigenvalue weighted by Crippen LogP contribution is 2.47. The van der Waals surface area contributed by atoms with E-state index in [2.05, 4.69) is 146 Å². The summed E-state index contributed by atoms with van der Waals surface area (Å²) in [4.78, 5) is 0. The first-order valence-electron chi connectivity index (χ1n) is 13.6. The van der Waals surface area contributed by atoms with Crippen LogP contribution in [0.2, 0.25) is 0 Å². The summed E-state index contributed by atoms with van der Waals surface area (Å²) >= 11 is 0. The largest absolute Gasteiger partial charge is 0.0616 e. The molecule has 0 amide bonds. The molecule has 0 saturated heterocycles. The molecule has 0 aliphatic rings. The van der Waals surface area contributed by atoms with Gasteiger partial charge in [0.25, 0.3) is 0 Å². The SMILES string of the molecule is Cc1cccc2c(-c3c4ccccc4c(-c4ccc5ccccc5c4)c4ccc5ccccc5c34)cccc12. The Morgan fingerprint density at radius 2 is 0.974 bits per heavy atom. The van der Waals surface area contributed by atoms with Crippen molar-refractivity contribution in [3.63, 3.8) is 0 Å². The Labute approximate surface area is 227 Å². The molecule has 0 heteroatoms. The molecule has 0 heterocycles. The lowest BCUT2D eigenvalue weighted by Gasteiger charge is -2.20. The number of hydrogen-bond acceptors (Lipinski definition) is 0. The lowest BCUT2D eigenvalue weighted by molar-refractivity contribution is 1.53. The van der Waals surface area contributed by atoms with E-state index >= 15 is 0 Å². The molecule has 0 N–H and O–H groups in total. The average molecular weight is 495 g/mol. The standard InChI is InChI=1S/C39H26/c1-25-10-8-18-32-30(25)17-9-19-33(32)39-35-16-7-6-15-34(35)37(29-21-20-26-11-2-3-13-28(26)24-29)36-23-22-27-12-4-5-14-31(27)38(36)39/h2-24H,1H3. The number of rotatable bonds is 2. The molecule has 8 rings (SSSR count). The number of hydrogen-bond donors (Lipinski definition) is 0. The summed E-state index contributed by atoms with van der Waals surface area (Å²) in [6, 6.07) is 51.4. The monoisotopic (exact) mass is 494 g/mol. The van der Waals surface area contributed by atoms with E-state index in [1.165, 1.54) is 81.7 Å². The van der Waals surface area contributed by atoms with Gasteiger partial charge in [-0.25, -0.2) is 0 Å². The Kier molecular flexibility index (Phi) is 4.84. The second-order valence-electron chi connectivity index (χ2n) is 10.5. The van der Waals surface area contributed by atoms with Gasteiger partial charge in [-0.05, 0) is 94.7 Å². The van der Waals surface area contributed by atoms with Crippen molar-refractivity contribution in [1.82, 2.24) is 0 Å². The van der Waals surface area contributed by atoms with Crippen LogP contribution in [0.5, 0.6) is 0 Å². The summed E-state index contributed by atoms with van der Waals surface area (Å²) in [7, 11) is 0. The van der Waals surface area contributed by atoms with Crippen LogP contribution in [-0.2, 0) is 0 Å². The summed E-state index contributed by atoms with van der Waals surface area (Å²) in [6.07, 6.45) is 0. The summed E-state index contributed by atoms with van der Waals surface area (Å²) < 4.78 is 0. The molecular weight excluding hydrogens is 468 g/mol. The zero-order valence-electron chi connectivity index (χ0n) is 21.8. The highest BCUT2D eigenvalue weighted by Gasteiger charge is 2.20. The topological polar surface area (TPSA) is 0 Å². The molecule has 8 aromatic rings. The molecule has 0 unspecified atom stereocenters. The van der Waals surface area contributed by atoms with E-state index in [1.807, 2.05) is 0 Å². The second kappa shape index (κ2) is 8.55. The highest BCUT2D eigenvalue weighted by atomic mass is 14.2. The van der Waals surface area contributed by atoms with Gasteiger partial charge in [-0.2, -0.15) is 0 Å². The minimum Gasteiger partial charge on any atom is -0.0616 e. The molecule has 39 heavy (non-hydrogen) atoms. The summed E-state index contributed by atoms with van der Waals surface area (Å²) in [6.45, 7) is 2.21. The van der Waals surface area contributed by atoms with Crippen LogP contribution in [0.3, 0.4) is 0 Å². The molecule has 0 saturated carbocycles. The van der Waals surface area contributed by atoms with E-state index in [1.54, 1.807) is 0 Å². The molecule has 0 atom stereocenters. The summed E-state index contributed by atoms with van der Waals surface area (Å²) in [5.41, 5.74) is 6.47. The fourth-order valence-electron chi connectivity index (χ4n) is 6.57. The van der Waals surface area contributed by atoms with Crippen molar-refractivity contribution in [3.8, 4) is 22.3 Å². The number of fused-ring (bicyclic) bond motifs is 6. The van der Waals surface area contributed by atoms with Crippen LogP contribution in [0, 0.1) is 6.92 Å². The van der Waals surface area contributed by atoms with Gasteiger partial charge in [0.1, 0.15) is 0 Å². The smallest absolute Gasteiger partial charge is 0.00139 e. The van der Waals surface area contributed by atoms with Gasteiger partial charge < -0.3 is 0 Å². The van der Waals surface area contributed by atoms with E-state index in [4.69, 9.17) is 0 Å². The molecule has 0 radical (unpaired) electrons. The lowest BCUT2D eigenvalue weighted by atomic mass is 9.82. The second-order valence-corrected chi connectivity index (χ2v) is 10.5. The molecule has 0 aliphatic heterocycles. The first kappa shape index (κ1) is 22.1. The van der Waals surface area contributed by atoms with Gasteiger partial charge >= 0.3 is 0 Å². The maximum Gasteiger partial charge on any atom is -0.00139 e. The van der Waals surface area contributed by atoms with Crippen LogP contribution >= 0.6 is 0 Å². The quantitative estimate of drug-likeness (QED) is 0.166. The van der Waals surface area contributed by atoms with Gasteiger partial charge in [0.2, 0.25) is 0 Å². The van der Waals surface area contributed by atoms with Crippen molar-refractivity contribution in [3.05, 3.63) is 145 Å². The van der Waals surface area contributed by atoms with Gasteiger partial charge in [0, 0.05) is 0 Å². The molecule has 182 valence electrons. The Hall–Kier alpha value is -4.94. The third kappa shape index (κ3) is 3.32. The fraction of sp³-hybridized carbons (Fsp3) is 0.0256. The molecule has 8 aromatic carbocycles. The zero-order chi connectivity index (χ0) is 25.9. The van der Waals surface area contributed by atoms with Crippen LogP contribution < -0.4 is 0 Å². The molecule has 0 spiro atoms. The van der Waals surface area contributed by atoms with Crippen LogP contribution in [0.15, 0.2) is 140 Å². The predicted molar refractivity (Wildman–Crippen MR) is 170 cm³/mol. The highest BCUT2D eigenvalue weighted by molar-refractivity contribution is 6.29. The van der Waals surface area contributed by atoms with E-state index < -0.39 is 0 Å². The van der Waals surface area contributed by atoms with Crippen LogP contribution in [0.4, 0.5) is 0 Å². The van der Waals surface area contributed by atoms with Crippen molar-refractivity contribution in [2.24, 2.45) is 0 Å². The van der Waals surface area contributed by atoms with Crippen molar-refractivity contribution >= 4 is 53.9 Å². The Bertz CT molecular complexity index is 2230. The Morgan fingerprint density at radius 1 is 0.359 bits per heavy atom. The zero-order valence-corrected chi connectivity index (χ0v) is 21.8. The summed E-state index contributed by atoms with van der Waals surface area (Å²) in [5.74, 6) is 0. The normalized spacial score (nSPS) is 11.7. The van der Waals surface area contributed by atoms with E-state index in [9.17, 15) is 0 Å². The third-order valence-electron chi connectivity index (χ3n) is 8.36. The minimum absolute atomic E-state index is 1.26. The van der Waals surface area contributed by atoms with Crippen LogP contribution in [0.1, 0.15) is 5.56 Å². The first-order valence-corrected chi connectivity index (χ1v) is 13.6. The van der Waals surface area contributed by atoms with Gasteiger partial charge in [0.15, 0.2) is 0 Å². The van der Waals surface area contributed by atoms with E-state index in [0.717, 1.165) is 0 Å². The molecule has 0 fully saturated rings. The molecule has 0 aliphatic carbocycles. The number of benzene rings is 8. The van der Waals surface area contributed by atoms with Gasteiger partial charge in [-0.15, -0.1) is 0 Å². The Morgan fingerprint density at radius 3 is 1.82 bits per heavy atom. The van der Waals surface area contributed by atoms with Crippen LogP contribution in [-0.4, -0.2) is 0 Å². The van der Waals surface area contributed by atoms with Gasteiger partial charge in [-0.3, -0.25) is 0 Å². The van der Waals surface area contributed by atoms with Crippen molar-refractivity contribution in [1.29, 1.82) is 0 Å². The lowest BCUT2D eigenvalue weighted by Crippen LogP contribution is -1.93. The predicted octanol–water partition coefficient (Wildman–Crippen LogP) is 11.1. The number of aryl methyl sites for hydroxylation is 1. The van der Waals surface area contributed by atoms with Crippen molar-refractivity contribution in [2.75, 3.05) is 0 Å². The fourth-order valence-corrected chi connectivity index (χ4v) is 6.57. The molecular formula is C39H26. The third-order valence-corrected chi connectivity index (χ3v) is 8.36. The van der Waals surface area contributed by atoms with Crippen molar-refractivity contribution < 1.29 is 0 Å². The maximum absolute atomic E-state index is 2.35. The van der Waals surface area contributed by atoms with Gasteiger partial charge in [0.05, 0.1) is 0 Å².